The molecule has 0 aromatic carbocycles. The minimum absolute atomic E-state index is 0.0648. The molecule has 1 unspecified atom stereocenters. The Kier molecular flexibility index (Phi) is 4.62. The lowest BCUT2D eigenvalue weighted by atomic mass is 9.86. The van der Waals surface area contributed by atoms with E-state index in [0.717, 1.165) is 42.5 Å². The molecule has 1 aliphatic heterocycles. The predicted molar refractivity (Wildman–Crippen MR) is 77.8 cm³/mol. The van der Waals surface area contributed by atoms with Gasteiger partial charge in [0, 0.05) is 23.3 Å². The molecule has 2 rings (SSSR count). The molecule has 3 nitrogen and oxygen atoms in total. The molecule has 1 N–H and O–H groups in total. The highest BCUT2D eigenvalue weighted by Crippen LogP contribution is 2.32. The molecule has 1 atom stereocenters. The van der Waals surface area contributed by atoms with E-state index in [9.17, 15) is 0 Å². The van der Waals surface area contributed by atoms with Gasteiger partial charge in [-0.1, -0.05) is 13.8 Å². The SMILES string of the molecule is CCC1(CC)CC(Nc2cncc(Br)c2)CCO1. The maximum Gasteiger partial charge on any atom is 0.0696 e. The van der Waals surface area contributed by atoms with Crippen LogP contribution in [0.25, 0.3) is 0 Å². The Labute approximate surface area is 117 Å². The Morgan fingerprint density at radius 1 is 1.44 bits per heavy atom. The van der Waals surface area contributed by atoms with Crippen molar-refractivity contribution in [2.75, 3.05) is 11.9 Å². The van der Waals surface area contributed by atoms with Crippen molar-refractivity contribution in [2.24, 2.45) is 0 Å². The zero-order chi connectivity index (χ0) is 13.0. The normalized spacial score (nSPS) is 22.7. The predicted octanol–water partition coefficient (Wildman–Crippen LogP) is 3.99. The summed E-state index contributed by atoms with van der Waals surface area (Å²) in [7, 11) is 0. The third kappa shape index (κ3) is 3.23. The lowest BCUT2D eigenvalue weighted by Gasteiger charge is -2.40. The number of nitrogens with one attached hydrogen (secondary N) is 1. The van der Waals surface area contributed by atoms with E-state index in [1.54, 1.807) is 6.20 Å². The summed E-state index contributed by atoms with van der Waals surface area (Å²) in [6, 6.07) is 2.55. The van der Waals surface area contributed by atoms with E-state index < -0.39 is 0 Å². The topological polar surface area (TPSA) is 34.2 Å². The Balaban J connectivity index is 2.01. The average molecular weight is 313 g/mol. The van der Waals surface area contributed by atoms with Crippen LogP contribution in [0.15, 0.2) is 22.9 Å². The Hall–Kier alpha value is -0.610. The summed E-state index contributed by atoms with van der Waals surface area (Å²) in [5, 5.41) is 3.57. The molecule has 100 valence electrons. The zero-order valence-electron chi connectivity index (χ0n) is 11.1. The van der Waals surface area contributed by atoms with Gasteiger partial charge in [0.15, 0.2) is 0 Å². The number of hydrogen-bond acceptors (Lipinski definition) is 3. The first kappa shape index (κ1) is 13.8. The van der Waals surface area contributed by atoms with Crippen molar-refractivity contribution >= 4 is 21.6 Å². The van der Waals surface area contributed by atoms with Crippen LogP contribution in [0.5, 0.6) is 0 Å². The highest BCUT2D eigenvalue weighted by molar-refractivity contribution is 9.10. The van der Waals surface area contributed by atoms with E-state index in [4.69, 9.17) is 4.74 Å². The lowest BCUT2D eigenvalue weighted by Crippen LogP contribution is -2.43. The second-order valence-electron chi connectivity index (χ2n) is 4.96. The van der Waals surface area contributed by atoms with Crippen LogP contribution in [-0.4, -0.2) is 23.2 Å². The standard InChI is InChI=1S/C14H21BrN2O/c1-3-14(4-2)8-12(5-6-18-14)17-13-7-11(15)9-16-10-13/h7,9-10,12,17H,3-6,8H2,1-2H3. The Morgan fingerprint density at radius 2 is 2.22 bits per heavy atom. The maximum atomic E-state index is 5.99. The Bertz CT molecular complexity index is 393. The van der Waals surface area contributed by atoms with E-state index in [-0.39, 0.29) is 5.60 Å². The van der Waals surface area contributed by atoms with Crippen molar-refractivity contribution in [1.29, 1.82) is 0 Å². The minimum Gasteiger partial charge on any atom is -0.381 e. The van der Waals surface area contributed by atoms with E-state index in [1.165, 1.54) is 0 Å². The van der Waals surface area contributed by atoms with Crippen LogP contribution >= 0.6 is 15.9 Å². The number of aromatic nitrogens is 1. The smallest absolute Gasteiger partial charge is 0.0696 e. The van der Waals surface area contributed by atoms with E-state index in [1.807, 2.05) is 6.20 Å². The van der Waals surface area contributed by atoms with Gasteiger partial charge < -0.3 is 10.1 Å². The number of ether oxygens (including phenoxy) is 1. The van der Waals surface area contributed by atoms with Crippen LogP contribution in [0.2, 0.25) is 0 Å². The number of pyridine rings is 1. The number of anilines is 1. The lowest BCUT2D eigenvalue weighted by molar-refractivity contribution is -0.0864. The first-order valence-electron chi connectivity index (χ1n) is 6.68. The third-order valence-electron chi connectivity index (χ3n) is 3.86. The van der Waals surface area contributed by atoms with Crippen molar-refractivity contribution < 1.29 is 4.74 Å². The molecule has 1 fully saturated rings. The molecule has 1 aromatic rings. The number of rotatable bonds is 4. The van der Waals surface area contributed by atoms with Gasteiger partial charge in [-0.3, -0.25) is 4.98 Å². The summed E-state index contributed by atoms with van der Waals surface area (Å²) in [5.41, 5.74) is 1.15. The monoisotopic (exact) mass is 312 g/mol. The van der Waals surface area contributed by atoms with Crippen LogP contribution in [0, 0.1) is 0 Å². The molecule has 1 saturated heterocycles. The van der Waals surface area contributed by atoms with Crippen LogP contribution in [0.3, 0.4) is 0 Å². The van der Waals surface area contributed by atoms with Crippen LogP contribution in [0.4, 0.5) is 5.69 Å². The van der Waals surface area contributed by atoms with Crippen molar-refractivity contribution in [1.82, 2.24) is 4.98 Å². The summed E-state index contributed by atoms with van der Waals surface area (Å²) < 4.78 is 7.00. The molecule has 2 heterocycles. The number of nitrogens with zero attached hydrogens (tertiary/aromatic N) is 1. The average Bonchev–Trinajstić information content (AvgIpc) is 2.39. The molecule has 0 amide bonds. The van der Waals surface area contributed by atoms with Gasteiger partial charge in [-0.05, 0) is 47.7 Å². The molecule has 18 heavy (non-hydrogen) atoms. The molecule has 0 bridgehead atoms. The van der Waals surface area contributed by atoms with Gasteiger partial charge in [0.2, 0.25) is 0 Å². The van der Waals surface area contributed by atoms with Crippen LogP contribution in [0.1, 0.15) is 39.5 Å². The van der Waals surface area contributed by atoms with E-state index >= 15 is 0 Å². The summed E-state index contributed by atoms with van der Waals surface area (Å²) >= 11 is 3.45. The molecule has 1 aromatic heterocycles. The fraction of sp³-hybridized carbons (Fsp3) is 0.643. The maximum absolute atomic E-state index is 5.99. The molecule has 0 saturated carbocycles. The second kappa shape index (κ2) is 6.02. The minimum atomic E-state index is 0.0648. The van der Waals surface area contributed by atoms with Crippen molar-refractivity contribution in [2.45, 2.75) is 51.2 Å². The molecule has 0 spiro atoms. The molecular weight excluding hydrogens is 292 g/mol. The van der Waals surface area contributed by atoms with Crippen LogP contribution < -0.4 is 5.32 Å². The number of hydrogen-bond donors (Lipinski definition) is 1. The van der Waals surface area contributed by atoms with Gasteiger partial charge in [0.05, 0.1) is 17.5 Å². The summed E-state index contributed by atoms with van der Waals surface area (Å²) in [5.74, 6) is 0. The van der Waals surface area contributed by atoms with Gasteiger partial charge >= 0.3 is 0 Å². The molecule has 0 aliphatic carbocycles. The molecular formula is C14H21BrN2O. The number of halogens is 1. The van der Waals surface area contributed by atoms with Gasteiger partial charge in [-0.25, -0.2) is 0 Å². The fourth-order valence-electron chi connectivity index (χ4n) is 2.62. The zero-order valence-corrected chi connectivity index (χ0v) is 12.7. The summed E-state index contributed by atoms with van der Waals surface area (Å²) in [4.78, 5) is 4.19. The highest BCUT2D eigenvalue weighted by Gasteiger charge is 2.34. The van der Waals surface area contributed by atoms with E-state index in [2.05, 4.69) is 46.1 Å². The van der Waals surface area contributed by atoms with Crippen LogP contribution in [-0.2, 0) is 4.74 Å². The van der Waals surface area contributed by atoms with Crippen molar-refractivity contribution in [3.05, 3.63) is 22.9 Å². The van der Waals surface area contributed by atoms with Crippen molar-refractivity contribution in [3.63, 3.8) is 0 Å². The fourth-order valence-corrected chi connectivity index (χ4v) is 2.99. The van der Waals surface area contributed by atoms with Crippen molar-refractivity contribution in [3.8, 4) is 0 Å². The molecule has 4 heteroatoms. The van der Waals surface area contributed by atoms with Gasteiger partial charge in [-0.2, -0.15) is 0 Å². The van der Waals surface area contributed by atoms with Gasteiger partial charge in [-0.15, -0.1) is 0 Å². The largest absolute Gasteiger partial charge is 0.381 e. The first-order chi connectivity index (χ1) is 8.67. The highest BCUT2D eigenvalue weighted by atomic mass is 79.9. The first-order valence-corrected chi connectivity index (χ1v) is 7.48. The quantitative estimate of drug-likeness (QED) is 0.912. The van der Waals surface area contributed by atoms with Gasteiger partial charge in [0.1, 0.15) is 0 Å². The molecule has 1 aliphatic rings. The molecule has 0 radical (unpaired) electrons. The second-order valence-corrected chi connectivity index (χ2v) is 5.88. The summed E-state index contributed by atoms with van der Waals surface area (Å²) in [6.45, 7) is 5.28. The Morgan fingerprint density at radius 3 is 2.89 bits per heavy atom. The third-order valence-corrected chi connectivity index (χ3v) is 4.29. The van der Waals surface area contributed by atoms with E-state index in [0.29, 0.717) is 6.04 Å². The summed E-state index contributed by atoms with van der Waals surface area (Å²) in [6.07, 6.45) is 7.98. The van der Waals surface area contributed by atoms with Gasteiger partial charge in [0.25, 0.3) is 0 Å².